The van der Waals surface area contributed by atoms with Crippen molar-refractivity contribution in [3.8, 4) is 0 Å². The maximum atomic E-state index is 9.71. The molecule has 1 aromatic heterocycles. The van der Waals surface area contributed by atoms with Crippen LogP contribution < -0.4 is 5.32 Å². The Morgan fingerprint density at radius 1 is 1.53 bits per heavy atom. The van der Waals surface area contributed by atoms with E-state index < -0.39 is 6.10 Å². The van der Waals surface area contributed by atoms with E-state index in [1.54, 1.807) is 4.68 Å². The summed E-state index contributed by atoms with van der Waals surface area (Å²) in [5.41, 5.74) is 0.879. The van der Waals surface area contributed by atoms with Crippen LogP contribution in [0.4, 0.5) is 0 Å². The number of aliphatic hydroxyl groups excluding tert-OH is 1. The van der Waals surface area contributed by atoms with Crippen LogP contribution in [0, 0.1) is 0 Å². The van der Waals surface area contributed by atoms with Crippen molar-refractivity contribution in [3.63, 3.8) is 0 Å². The normalized spacial score (nSPS) is 13.2. The third-order valence-corrected chi connectivity index (χ3v) is 2.16. The Labute approximate surface area is 102 Å². The van der Waals surface area contributed by atoms with Crippen molar-refractivity contribution in [1.82, 2.24) is 20.3 Å². The first-order chi connectivity index (χ1) is 8.11. The number of hydrogen-bond acceptors (Lipinski definition) is 5. The van der Waals surface area contributed by atoms with E-state index in [-0.39, 0.29) is 6.10 Å². The Hall–Kier alpha value is -0.980. The fourth-order valence-corrected chi connectivity index (χ4v) is 1.33. The molecule has 0 radical (unpaired) electrons. The van der Waals surface area contributed by atoms with Gasteiger partial charge in [-0.05, 0) is 20.4 Å². The lowest BCUT2D eigenvalue weighted by molar-refractivity contribution is -0.00221. The van der Waals surface area contributed by atoms with E-state index in [4.69, 9.17) is 4.74 Å². The van der Waals surface area contributed by atoms with Crippen LogP contribution in [0.1, 0.15) is 26.5 Å². The summed E-state index contributed by atoms with van der Waals surface area (Å²) < 4.78 is 6.96. The maximum Gasteiger partial charge on any atom is 0.0969 e. The number of aliphatic hydroxyl groups is 1. The lowest BCUT2D eigenvalue weighted by atomic mass is 10.3. The molecule has 17 heavy (non-hydrogen) atoms. The second kappa shape index (κ2) is 7.37. The number of aromatic nitrogens is 3. The number of hydrogen-bond donors (Lipinski definition) is 2. The fourth-order valence-electron chi connectivity index (χ4n) is 1.33. The van der Waals surface area contributed by atoms with Crippen LogP contribution in [-0.4, -0.2) is 45.5 Å². The quantitative estimate of drug-likeness (QED) is 0.680. The van der Waals surface area contributed by atoms with Gasteiger partial charge in [-0.25, -0.2) is 4.68 Å². The lowest BCUT2D eigenvalue weighted by Gasteiger charge is -2.12. The Bertz CT molecular complexity index is 314. The highest BCUT2D eigenvalue weighted by Crippen LogP contribution is 1.97. The average Bonchev–Trinajstić information content (AvgIpc) is 2.71. The van der Waals surface area contributed by atoms with Gasteiger partial charge < -0.3 is 15.2 Å². The van der Waals surface area contributed by atoms with E-state index in [1.165, 1.54) is 0 Å². The third-order valence-electron chi connectivity index (χ3n) is 2.16. The van der Waals surface area contributed by atoms with Gasteiger partial charge in [-0.2, -0.15) is 0 Å². The standard InChI is InChI=1S/C11H22N4O2/c1-4-12-5-10-6-15(14-13-10)7-11(16)8-17-9(2)3/h6,9,11-12,16H,4-5,7-8H2,1-3H3. The molecule has 6 nitrogen and oxygen atoms in total. The molecule has 0 spiro atoms. The molecule has 0 aliphatic heterocycles. The van der Waals surface area contributed by atoms with Crippen LogP contribution in [0.5, 0.6) is 0 Å². The molecule has 0 saturated heterocycles. The minimum atomic E-state index is -0.550. The second-order valence-corrected chi connectivity index (χ2v) is 4.25. The van der Waals surface area contributed by atoms with Crippen molar-refractivity contribution >= 4 is 0 Å². The fraction of sp³-hybridized carbons (Fsp3) is 0.818. The zero-order chi connectivity index (χ0) is 12.7. The van der Waals surface area contributed by atoms with Crippen molar-refractivity contribution in [2.24, 2.45) is 0 Å². The highest BCUT2D eigenvalue weighted by atomic mass is 16.5. The summed E-state index contributed by atoms with van der Waals surface area (Å²) in [6.45, 7) is 8.25. The molecule has 1 heterocycles. The second-order valence-electron chi connectivity index (χ2n) is 4.25. The van der Waals surface area contributed by atoms with Crippen LogP contribution in [0.2, 0.25) is 0 Å². The number of ether oxygens (including phenoxy) is 1. The van der Waals surface area contributed by atoms with Crippen LogP contribution >= 0.6 is 0 Å². The average molecular weight is 242 g/mol. The molecule has 6 heteroatoms. The molecule has 2 N–H and O–H groups in total. The van der Waals surface area contributed by atoms with Crippen molar-refractivity contribution in [2.45, 2.75) is 46.1 Å². The highest BCUT2D eigenvalue weighted by Gasteiger charge is 2.08. The first-order valence-electron chi connectivity index (χ1n) is 6.01. The lowest BCUT2D eigenvalue weighted by Crippen LogP contribution is -2.24. The molecular formula is C11H22N4O2. The van der Waals surface area contributed by atoms with Crippen molar-refractivity contribution < 1.29 is 9.84 Å². The molecule has 1 atom stereocenters. The maximum absolute atomic E-state index is 9.71. The largest absolute Gasteiger partial charge is 0.389 e. The van der Waals surface area contributed by atoms with Gasteiger partial charge in [-0.3, -0.25) is 0 Å². The van der Waals surface area contributed by atoms with E-state index in [1.807, 2.05) is 27.0 Å². The van der Waals surface area contributed by atoms with E-state index >= 15 is 0 Å². The zero-order valence-electron chi connectivity index (χ0n) is 10.8. The molecule has 98 valence electrons. The van der Waals surface area contributed by atoms with Gasteiger partial charge in [0, 0.05) is 12.7 Å². The van der Waals surface area contributed by atoms with Gasteiger partial charge in [0.1, 0.15) is 0 Å². The topological polar surface area (TPSA) is 72.2 Å². The van der Waals surface area contributed by atoms with Gasteiger partial charge in [-0.1, -0.05) is 12.1 Å². The number of nitrogens with zero attached hydrogens (tertiary/aromatic N) is 3. The van der Waals surface area contributed by atoms with Crippen LogP contribution in [0.25, 0.3) is 0 Å². The smallest absolute Gasteiger partial charge is 0.0969 e. The van der Waals surface area contributed by atoms with Gasteiger partial charge in [0.2, 0.25) is 0 Å². The van der Waals surface area contributed by atoms with E-state index in [0.29, 0.717) is 19.7 Å². The van der Waals surface area contributed by atoms with Crippen LogP contribution in [0.15, 0.2) is 6.20 Å². The highest BCUT2D eigenvalue weighted by molar-refractivity contribution is 4.91. The monoisotopic (exact) mass is 242 g/mol. The van der Waals surface area contributed by atoms with Crippen molar-refractivity contribution in [2.75, 3.05) is 13.2 Å². The van der Waals surface area contributed by atoms with Crippen LogP contribution in [0.3, 0.4) is 0 Å². The van der Waals surface area contributed by atoms with Crippen molar-refractivity contribution in [3.05, 3.63) is 11.9 Å². The summed E-state index contributed by atoms with van der Waals surface area (Å²) in [5, 5.41) is 20.8. The first kappa shape index (κ1) is 14.1. The molecular weight excluding hydrogens is 220 g/mol. The minimum Gasteiger partial charge on any atom is -0.389 e. The molecule has 0 aliphatic rings. The molecule has 0 saturated carbocycles. The number of nitrogens with one attached hydrogen (secondary N) is 1. The van der Waals surface area contributed by atoms with Gasteiger partial charge >= 0.3 is 0 Å². The summed E-state index contributed by atoms with van der Waals surface area (Å²) >= 11 is 0. The van der Waals surface area contributed by atoms with Gasteiger partial charge in [-0.15, -0.1) is 5.10 Å². The molecule has 0 aliphatic carbocycles. The predicted octanol–water partition coefficient (Wildman–Crippen LogP) is 0.173. The number of rotatable bonds is 8. The predicted molar refractivity (Wildman–Crippen MR) is 64.5 cm³/mol. The van der Waals surface area contributed by atoms with Gasteiger partial charge in [0.15, 0.2) is 0 Å². The molecule has 1 unspecified atom stereocenters. The van der Waals surface area contributed by atoms with E-state index in [9.17, 15) is 5.11 Å². The van der Waals surface area contributed by atoms with Crippen molar-refractivity contribution in [1.29, 1.82) is 0 Å². The Balaban J connectivity index is 2.32. The molecule has 0 bridgehead atoms. The summed E-state index contributed by atoms with van der Waals surface area (Å²) in [6.07, 6.45) is 1.41. The molecule has 0 aromatic carbocycles. The summed E-state index contributed by atoms with van der Waals surface area (Å²) in [5.74, 6) is 0. The molecule has 0 fully saturated rings. The molecule has 0 amide bonds. The Kier molecular flexibility index (Phi) is 6.10. The third kappa shape index (κ3) is 5.76. The zero-order valence-corrected chi connectivity index (χ0v) is 10.8. The Morgan fingerprint density at radius 3 is 2.94 bits per heavy atom. The molecule has 1 aromatic rings. The van der Waals surface area contributed by atoms with Gasteiger partial charge in [0.05, 0.1) is 31.1 Å². The molecule has 1 rings (SSSR count). The Morgan fingerprint density at radius 2 is 2.29 bits per heavy atom. The van der Waals surface area contributed by atoms with Crippen LogP contribution in [-0.2, 0) is 17.8 Å². The minimum absolute atomic E-state index is 0.129. The van der Waals surface area contributed by atoms with Gasteiger partial charge in [0.25, 0.3) is 0 Å². The summed E-state index contributed by atoms with van der Waals surface area (Å²) in [6, 6.07) is 0. The SMILES string of the molecule is CCNCc1cn(CC(O)COC(C)C)nn1. The summed E-state index contributed by atoms with van der Waals surface area (Å²) in [7, 11) is 0. The van der Waals surface area contributed by atoms with E-state index in [2.05, 4.69) is 15.6 Å². The first-order valence-corrected chi connectivity index (χ1v) is 6.01. The summed E-state index contributed by atoms with van der Waals surface area (Å²) in [4.78, 5) is 0. The van der Waals surface area contributed by atoms with E-state index in [0.717, 1.165) is 12.2 Å².